The number of nitrogens with zero attached hydrogens (tertiary/aromatic N) is 4. The lowest BCUT2D eigenvalue weighted by atomic mass is 10.3. The Kier molecular flexibility index (Phi) is 3.71. The van der Waals surface area contributed by atoms with Crippen molar-refractivity contribution in [2.75, 3.05) is 24.2 Å². The van der Waals surface area contributed by atoms with Crippen molar-refractivity contribution in [3.8, 4) is 0 Å². The van der Waals surface area contributed by atoms with E-state index in [1.54, 1.807) is 0 Å². The zero-order chi connectivity index (χ0) is 13.2. The molecular weight excluding hydrogens is 236 g/mol. The van der Waals surface area contributed by atoms with Gasteiger partial charge < -0.3 is 10.6 Å². The summed E-state index contributed by atoms with van der Waals surface area (Å²) in [5, 5.41) is 10.8. The Bertz CT molecular complexity index is 440. The third-order valence-electron chi connectivity index (χ3n) is 2.01. The molecule has 0 bridgehead atoms. The van der Waals surface area contributed by atoms with E-state index >= 15 is 0 Å². The number of halogens is 2. The average Bonchev–Trinajstić information content (AvgIpc) is 2.14. The van der Waals surface area contributed by atoms with E-state index in [-0.39, 0.29) is 17.5 Å². The number of hydrogen-bond acceptors (Lipinski definition) is 6. The highest BCUT2D eigenvalue weighted by Crippen LogP contribution is 2.28. The summed E-state index contributed by atoms with van der Waals surface area (Å²) in [5.41, 5.74) is 4.96. The van der Waals surface area contributed by atoms with E-state index in [4.69, 9.17) is 5.73 Å². The average molecular weight is 247 g/mol. The summed E-state index contributed by atoms with van der Waals surface area (Å²) in [6.07, 6.45) is -2.63. The van der Waals surface area contributed by atoms with E-state index in [0.29, 0.717) is 0 Å². The molecule has 0 saturated heterocycles. The predicted octanol–water partition coefficient (Wildman–Crippen LogP) is 0.977. The third kappa shape index (κ3) is 2.95. The second kappa shape index (κ2) is 4.85. The van der Waals surface area contributed by atoms with Crippen LogP contribution in [0.15, 0.2) is 0 Å². The van der Waals surface area contributed by atoms with E-state index in [1.165, 1.54) is 14.0 Å². The van der Waals surface area contributed by atoms with Crippen molar-refractivity contribution < 1.29 is 13.7 Å². The first-order chi connectivity index (χ1) is 7.82. The summed E-state index contributed by atoms with van der Waals surface area (Å²) in [5.74, 6) is -0.399. The molecule has 1 aromatic heterocycles. The molecule has 0 spiro atoms. The Morgan fingerprint density at radius 2 is 2.12 bits per heavy atom. The van der Waals surface area contributed by atoms with Gasteiger partial charge in [-0.1, -0.05) is 0 Å². The molecule has 0 atom stereocenters. The van der Waals surface area contributed by atoms with Gasteiger partial charge in [-0.25, -0.2) is 13.8 Å². The van der Waals surface area contributed by atoms with Crippen molar-refractivity contribution in [1.29, 1.82) is 0 Å². The van der Waals surface area contributed by atoms with Crippen LogP contribution in [0.2, 0.25) is 0 Å². The number of aryl methyl sites for hydroxylation is 1. The van der Waals surface area contributed by atoms with Crippen LogP contribution in [0.5, 0.6) is 0 Å². The lowest BCUT2D eigenvalue weighted by Crippen LogP contribution is -2.26. The van der Waals surface area contributed by atoms with Gasteiger partial charge in [-0.15, -0.1) is 0 Å². The molecule has 1 rings (SSSR count). The van der Waals surface area contributed by atoms with E-state index in [9.17, 15) is 18.9 Å². The van der Waals surface area contributed by atoms with Crippen LogP contribution in [0.25, 0.3) is 0 Å². The van der Waals surface area contributed by atoms with E-state index in [1.807, 2.05) is 0 Å². The van der Waals surface area contributed by atoms with E-state index in [0.717, 1.165) is 4.90 Å². The first kappa shape index (κ1) is 13.0. The highest BCUT2D eigenvalue weighted by atomic mass is 19.3. The number of anilines is 2. The maximum atomic E-state index is 12.2. The smallest absolute Gasteiger partial charge is 0.332 e. The van der Waals surface area contributed by atoms with Gasteiger partial charge in [0, 0.05) is 7.05 Å². The van der Waals surface area contributed by atoms with Crippen LogP contribution in [0.3, 0.4) is 0 Å². The van der Waals surface area contributed by atoms with Gasteiger partial charge in [0.05, 0.1) is 11.5 Å². The number of hydrogen-bond donors (Lipinski definition) is 1. The zero-order valence-corrected chi connectivity index (χ0v) is 9.22. The van der Waals surface area contributed by atoms with Crippen LogP contribution in [0, 0.1) is 17.0 Å². The Balaban J connectivity index is 3.25. The Hall–Kier alpha value is -2.06. The number of alkyl halides is 2. The highest BCUT2D eigenvalue weighted by molar-refractivity contribution is 5.61. The van der Waals surface area contributed by atoms with Gasteiger partial charge >= 0.3 is 5.69 Å². The summed E-state index contributed by atoms with van der Waals surface area (Å²) in [6, 6.07) is 0. The molecule has 0 aliphatic rings. The minimum absolute atomic E-state index is 0.0404. The monoisotopic (exact) mass is 247 g/mol. The zero-order valence-electron chi connectivity index (χ0n) is 9.22. The van der Waals surface area contributed by atoms with Crippen LogP contribution in [0.4, 0.5) is 26.2 Å². The Morgan fingerprint density at radius 3 is 2.59 bits per heavy atom. The molecule has 0 unspecified atom stereocenters. The quantitative estimate of drug-likeness (QED) is 0.629. The molecule has 0 aromatic carbocycles. The SMILES string of the molecule is Cc1nc(N)nc(N(C)CC(F)F)c1[N+](=O)[O-]. The maximum Gasteiger partial charge on any atom is 0.332 e. The molecule has 0 aliphatic heterocycles. The fraction of sp³-hybridized carbons (Fsp3) is 0.500. The Morgan fingerprint density at radius 1 is 1.53 bits per heavy atom. The van der Waals surface area contributed by atoms with Gasteiger partial charge in [0.25, 0.3) is 6.43 Å². The standard InChI is InChI=1S/C8H11F2N5O2/c1-4-6(15(16)17)7(13-8(11)12-4)14(2)3-5(9)10/h5H,3H2,1-2H3,(H2,11,12,13). The van der Waals surface area contributed by atoms with Gasteiger partial charge in [0.1, 0.15) is 5.69 Å². The van der Waals surface area contributed by atoms with Crippen molar-refractivity contribution in [2.24, 2.45) is 0 Å². The summed E-state index contributed by atoms with van der Waals surface area (Å²) < 4.78 is 24.4. The fourth-order valence-corrected chi connectivity index (χ4v) is 1.35. The minimum Gasteiger partial charge on any atom is -0.368 e. The fourth-order valence-electron chi connectivity index (χ4n) is 1.35. The molecular formula is C8H11F2N5O2. The van der Waals surface area contributed by atoms with Crippen molar-refractivity contribution >= 4 is 17.5 Å². The number of aromatic nitrogens is 2. The largest absolute Gasteiger partial charge is 0.368 e. The summed E-state index contributed by atoms with van der Waals surface area (Å²) in [6.45, 7) is 0.701. The highest BCUT2D eigenvalue weighted by Gasteiger charge is 2.25. The van der Waals surface area contributed by atoms with Gasteiger partial charge in [-0.3, -0.25) is 10.1 Å². The van der Waals surface area contributed by atoms with Crippen LogP contribution >= 0.6 is 0 Å². The van der Waals surface area contributed by atoms with Gasteiger partial charge in [-0.2, -0.15) is 4.98 Å². The van der Waals surface area contributed by atoms with Crippen LogP contribution in [0.1, 0.15) is 5.69 Å². The summed E-state index contributed by atoms with van der Waals surface area (Å²) >= 11 is 0. The van der Waals surface area contributed by atoms with Gasteiger partial charge in [0.15, 0.2) is 0 Å². The van der Waals surface area contributed by atoms with Crippen molar-refractivity contribution in [3.05, 3.63) is 15.8 Å². The van der Waals surface area contributed by atoms with Crippen molar-refractivity contribution in [2.45, 2.75) is 13.3 Å². The molecule has 0 fully saturated rings. The van der Waals surface area contributed by atoms with Crippen LogP contribution in [-0.4, -0.2) is 34.9 Å². The lowest BCUT2D eigenvalue weighted by Gasteiger charge is -2.17. The molecule has 0 saturated carbocycles. The molecule has 94 valence electrons. The number of nitrogens with two attached hydrogens (primary N) is 1. The molecule has 0 radical (unpaired) electrons. The second-order valence-corrected chi connectivity index (χ2v) is 3.37. The molecule has 9 heteroatoms. The molecule has 0 amide bonds. The first-order valence-corrected chi connectivity index (χ1v) is 4.60. The topological polar surface area (TPSA) is 98.2 Å². The third-order valence-corrected chi connectivity index (χ3v) is 2.01. The Labute approximate surface area is 95.4 Å². The molecule has 17 heavy (non-hydrogen) atoms. The summed E-state index contributed by atoms with van der Waals surface area (Å²) in [4.78, 5) is 18.3. The lowest BCUT2D eigenvalue weighted by molar-refractivity contribution is -0.385. The molecule has 7 nitrogen and oxygen atoms in total. The molecule has 1 aromatic rings. The maximum absolute atomic E-state index is 12.2. The molecule has 1 heterocycles. The molecule has 0 aliphatic carbocycles. The predicted molar refractivity (Wildman–Crippen MR) is 57.1 cm³/mol. The van der Waals surface area contributed by atoms with Crippen molar-refractivity contribution in [3.63, 3.8) is 0 Å². The van der Waals surface area contributed by atoms with Gasteiger partial charge in [0.2, 0.25) is 11.8 Å². The second-order valence-electron chi connectivity index (χ2n) is 3.37. The minimum atomic E-state index is -2.63. The van der Waals surface area contributed by atoms with Crippen LogP contribution < -0.4 is 10.6 Å². The first-order valence-electron chi connectivity index (χ1n) is 4.60. The molecule has 2 N–H and O–H groups in total. The van der Waals surface area contributed by atoms with Crippen molar-refractivity contribution in [1.82, 2.24) is 9.97 Å². The summed E-state index contributed by atoms with van der Waals surface area (Å²) in [7, 11) is 1.28. The number of nitro groups is 1. The van der Waals surface area contributed by atoms with Gasteiger partial charge in [-0.05, 0) is 6.92 Å². The van der Waals surface area contributed by atoms with E-state index in [2.05, 4.69) is 9.97 Å². The van der Waals surface area contributed by atoms with E-state index < -0.39 is 23.6 Å². The number of nitrogen functional groups attached to an aromatic ring is 1. The van der Waals surface area contributed by atoms with Crippen LogP contribution in [-0.2, 0) is 0 Å². The number of rotatable bonds is 4. The normalized spacial score (nSPS) is 10.6.